The van der Waals surface area contributed by atoms with Crippen molar-refractivity contribution in [3.8, 4) is 5.75 Å². The Morgan fingerprint density at radius 2 is 1.88 bits per heavy atom. The number of phenolic OH excluding ortho intramolecular Hbond substituents is 1. The van der Waals surface area contributed by atoms with Gasteiger partial charge in [0.2, 0.25) is 5.91 Å². The van der Waals surface area contributed by atoms with Crippen molar-refractivity contribution in [2.45, 2.75) is 12.5 Å². The molecule has 0 aromatic heterocycles. The average Bonchev–Trinajstić information content (AvgIpc) is 2.61. The van der Waals surface area contributed by atoms with Crippen LogP contribution in [0.3, 0.4) is 0 Å². The molecule has 0 spiro atoms. The lowest BCUT2D eigenvalue weighted by molar-refractivity contribution is -0.118. The minimum atomic E-state index is -0.737. The standard InChI is InChI=1S/C18H18Cl2N2O3S/c1-26-9-8-15(22-17(24)12-4-2-3-5-13(12)19)18(25)21-11-6-7-16(23)14(20)10-11/h2-7,10,15,23H,8-9H2,1H3,(H,21,25)(H,22,24)/t15-/m0/s1. The summed E-state index contributed by atoms with van der Waals surface area (Å²) in [5, 5.41) is 15.3. The second-order valence-electron chi connectivity index (χ2n) is 5.44. The maximum Gasteiger partial charge on any atom is 0.253 e. The Morgan fingerprint density at radius 1 is 1.15 bits per heavy atom. The topological polar surface area (TPSA) is 78.4 Å². The van der Waals surface area contributed by atoms with Crippen LogP contribution in [0.2, 0.25) is 10.0 Å². The molecule has 138 valence electrons. The van der Waals surface area contributed by atoms with Crippen LogP contribution in [0, 0.1) is 0 Å². The number of phenols is 1. The van der Waals surface area contributed by atoms with E-state index < -0.39 is 11.9 Å². The molecule has 0 saturated carbocycles. The van der Waals surface area contributed by atoms with Crippen molar-refractivity contribution < 1.29 is 14.7 Å². The molecule has 8 heteroatoms. The quantitative estimate of drug-likeness (QED) is 0.595. The van der Waals surface area contributed by atoms with E-state index in [9.17, 15) is 14.7 Å². The largest absolute Gasteiger partial charge is 0.506 e. The number of aromatic hydroxyl groups is 1. The van der Waals surface area contributed by atoms with Crippen LogP contribution in [0.25, 0.3) is 0 Å². The maximum absolute atomic E-state index is 12.6. The van der Waals surface area contributed by atoms with Crippen LogP contribution >= 0.6 is 35.0 Å². The highest BCUT2D eigenvalue weighted by Crippen LogP contribution is 2.26. The summed E-state index contributed by atoms with van der Waals surface area (Å²) in [7, 11) is 0. The zero-order valence-corrected chi connectivity index (χ0v) is 16.3. The predicted octanol–water partition coefficient (Wildman–Crippen LogP) is 4.19. The Bertz CT molecular complexity index is 802. The SMILES string of the molecule is CSCC[C@H](NC(=O)c1ccccc1Cl)C(=O)Nc1ccc(O)c(Cl)c1. The number of benzene rings is 2. The van der Waals surface area contributed by atoms with Crippen LogP contribution in [0.15, 0.2) is 42.5 Å². The van der Waals surface area contributed by atoms with Gasteiger partial charge in [0, 0.05) is 5.69 Å². The number of anilines is 1. The van der Waals surface area contributed by atoms with Gasteiger partial charge in [-0.3, -0.25) is 9.59 Å². The number of hydrogen-bond acceptors (Lipinski definition) is 4. The summed E-state index contributed by atoms with van der Waals surface area (Å²) in [4.78, 5) is 25.1. The van der Waals surface area contributed by atoms with E-state index in [0.717, 1.165) is 0 Å². The van der Waals surface area contributed by atoms with Crippen molar-refractivity contribution in [2.75, 3.05) is 17.3 Å². The van der Waals surface area contributed by atoms with Crippen LogP contribution in [-0.4, -0.2) is 35.0 Å². The first-order chi connectivity index (χ1) is 12.4. The predicted molar refractivity (Wildman–Crippen MR) is 107 cm³/mol. The Morgan fingerprint density at radius 3 is 2.54 bits per heavy atom. The van der Waals surface area contributed by atoms with Crippen molar-refractivity contribution in [1.82, 2.24) is 5.32 Å². The van der Waals surface area contributed by atoms with Gasteiger partial charge in [-0.2, -0.15) is 11.8 Å². The van der Waals surface area contributed by atoms with Gasteiger partial charge in [0.25, 0.3) is 5.91 Å². The van der Waals surface area contributed by atoms with E-state index >= 15 is 0 Å². The van der Waals surface area contributed by atoms with Gasteiger partial charge in [-0.05, 0) is 48.8 Å². The highest BCUT2D eigenvalue weighted by Gasteiger charge is 2.22. The molecule has 2 aromatic rings. The molecular weight excluding hydrogens is 395 g/mol. The molecule has 2 rings (SSSR count). The molecule has 0 aliphatic carbocycles. The van der Waals surface area contributed by atoms with Crippen LogP contribution in [0.5, 0.6) is 5.75 Å². The van der Waals surface area contributed by atoms with Gasteiger partial charge in [0.15, 0.2) is 0 Å². The monoisotopic (exact) mass is 412 g/mol. The minimum Gasteiger partial charge on any atom is -0.506 e. The zero-order valence-electron chi connectivity index (χ0n) is 14.0. The van der Waals surface area contributed by atoms with E-state index in [4.69, 9.17) is 23.2 Å². The van der Waals surface area contributed by atoms with E-state index in [1.54, 1.807) is 36.0 Å². The van der Waals surface area contributed by atoms with Gasteiger partial charge in [0.05, 0.1) is 15.6 Å². The fourth-order valence-corrected chi connectivity index (χ4v) is 3.07. The number of thioether (sulfide) groups is 1. The van der Waals surface area contributed by atoms with Gasteiger partial charge in [-0.25, -0.2) is 0 Å². The van der Waals surface area contributed by atoms with Crippen LogP contribution in [0.4, 0.5) is 5.69 Å². The smallest absolute Gasteiger partial charge is 0.253 e. The molecule has 2 aromatic carbocycles. The molecule has 1 atom stereocenters. The van der Waals surface area contributed by atoms with Crippen LogP contribution in [-0.2, 0) is 4.79 Å². The summed E-state index contributed by atoms with van der Waals surface area (Å²) in [6.07, 6.45) is 2.37. The summed E-state index contributed by atoms with van der Waals surface area (Å²) in [6.45, 7) is 0. The Balaban J connectivity index is 2.12. The third kappa shape index (κ3) is 5.56. The third-order valence-corrected chi connectivity index (χ3v) is 4.84. The fourth-order valence-electron chi connectivity index (χ4n) is 2.20. The van der Waals surface area contributed by atoms with Crippen molar-refractivity contribution in [3.05, 3.63) is 58.1 Å². The molecule has 0 radical (unpaired) electrons. The average molecular weight is 413 g/mol. The molecule has 26 heavy (non-hydrogen) atoms. The van der Waals surface area contributed by atoms with Gasteiger partial charge in [-0.15, -0.1) is 0 Å². The second-order valence-corrected chi connectivity index (χ2v) is 7.24. The van der Waals surface area contributed by atoms with Crippen LogP contribution in [0.1, 0.15) is 16.8 Å². The number of nitrogens with one attached hydrogen (secondary N) is 2. The van der Waals surface area contributed by atoms with Gasteiger partial charge >= 0.3 is 0 Å². The van der Waals surface area contributed by atoms with E-state index in [0.29, 0.717) is 28.4 Å². The molecule has 0 aliphatic heterocycles. The van der Waals surface area contributed by atoms with Crippen molar-refractivity contribution in [3.63, 3.8) is 0 Å². The molecule has 0 bridgehead atoms. The minimum absolute atomic E-state index is 0.0735. The third-order valence-electron chi connectivity index (χ3n) is 3.57. The van der Waals surface area contributed by atoms with Gasteiger partial charge in [-0.1, -0.05) is 35.3 Å². The van der Waals surface area contributed by atoms with E-state index in [-0.39, 0.29) is 16.7 Å². The molecule has 0 heterocycles. The van der Waals surface area contributed by atoms with Crippen molar-refractivity contribution >= 4 is 52.5 Å². The van der Waals surface area contributed by atoms with E-state index in [1.807, 2.05) is 6.26 Å². The molecule has 2 amide bonds. The Labute approximate surface area is 166 Å². The number of hydrogen-bond donors (Lipinski definition) is 3. The fraction of sp³-hybridized carbons (Fsp3) is 0.222. The molecule has 3 N–H and O–H groups in total. The Hall–Kier alpha value is -1.89. The summed E-state index contributed by atoms with van der Waals surface area (Å²) in [6, 6.07) is 10.3. The van der Waals surface area contributed by atoms with Gasteiger partial charge < -0.3 is 15.7 Å². The number of carbonyl (C=O) groups excluding carboxylic acids is 2. The lowest BCUT2D eigenvalue weighted by atomic mass is 10.1. The number of halogens is 2. The zero-order chi connectivity index (χ0) is 19.1. The van der Waals surface area contributed by atoms with E-state index in [1.165, 1.54) is 18.2 Å². The van der Waals surface area contributed by atoms with Crippen LogP contribution < -0.4 is 10.6 Å². The highest BCUT2D eigenvalue weighted by molar-refractivity contribution is 7.98. The normalized spacial score (nSPS) is 11.7. The first-order valence-electron chi connectivity index (χ1n) is 7.76. The number of carbonyl (C=O) groups is 2. The number of amides is 2. The lowest BCUT2D eigenvalue weighted by Gasteiger charge is -2.19. The molecule has 5 nitrogen and oxygen atoms in total. The first kappa shape index (κ1) is 20.4. The molecule has 0 fully saturated rings. The molecule has 0 saturated heterocycles. The Kier molecular flexibility index (Phi) is 7.63. The summed E-state index contributed by atoms with van der Waals surface area (Å²) < 4.78 is 0. The first-order valence-corrected chi connectivity index (χ1v) is 9.91. The highest BCUT2D eigenvalue weighted by atomic mass is 35.5. The summed E-state index contributed by atoms with van der Waals surface area (Å²) in [5.74, 6) is -0.172. The molecule has 0 unspecified atom stereocenters. The van der Waals surface area contributed by atoms with Crippen molar-refractivity contribution in [1.29, 1.82) is 0 Å². The van der Waals surface area contributed by atoms with Crippen molar-refractivity contribution in [2.24, 2.45) is 0 Å². The maximum atomic E-state index is 12.6. The van der Waals surface area contributed by atoms with Gasteiger partial charge in [0.1, 0.15) is 11.8 Å². The number of rotatable bonds is 7. The van der Waals surface area contributed by atoms with E-state index in [2.05, 4.69) is 10.6 Å². The summed E-state index contributed by atoms with van der Waals surface area (Å²) >= 11 is 13.5. The molecule has 0 aliphatic rings. The lowest BCUT2D eigenvalue weighted by Crippen LogP contribution is -2.44. The second kappa shape index (κ2) is 9.71. The molecular formula is C18H18Cl2N2O3S. The summed E-state index contributed by atoms with van der Waals surface area (Å²) in [5.41, 5.74) is 0.739.